The number of hydrogen-bond donors (Lipinski definition) is 5. The Bertz CT molecular complexity index is 5400. The number of rotatable bonds is 15. The van der Waals surface area contributed by atoms with Crippen LogP contribution in [0.5, 0.6) is 5.88 Å². The standard InChI is InChI=1S/C10H10N2O3S.3C10H9NO2S.C9H8N2O3S.C9H7NO3S.C7H5NOS.C4H8O/c1-15-11-9(13)6-12-10(14)7-4-2-3-5-8(7)16-12;1-7(12)6-13-10-8-4-2-3-5-9(8)14-11-10;2*1-7(12)6-11-10(13)8-4-2-3-5-9(8)14-11;12-8(10-14)5-11-9(13)6-3-1-2-4-7(6)15-11;11-8(12)5-10-9(13)6-3-1-2-4-7(6)14-10;9-7-5-3-1-2-4-6(5)10-8-7;1-3-4(2)5/h2-5H,6H2,1H3,(H,11,13);3*2-5H,6H2,1H3;1-4,14H,5H2,(H,10,12);1-4H,5H2,(H,11,12);1-4H,(H,8,9);3H2,1-2H3. The van der Waals surface area contributed by atoms with Crippen molar-refractivity contribution in [1.82, 2.24) is 39.5 Å². The number of nitrogens with one attached hydrogen (secondary N) is 3. The van der Waals surface area contributed by atoms with Gasteiger partial charge in [0.1, 0.15) is 32.0 Å². The molecule has 5 N–H and O–H groups in total. The first kappa shape index (κ1) is 78.7. The zero-order valence-electron chi connectivity index (χ0n) is 55.2. The molecular weight excluding hydrogens is 1450 g/mol. The smallest absolute Gasteiger partial charge is 0.324 e. The number of aromatic nitrogens is 7. The van der Waals surface area contributed by atoms with E-state index in [1.165, 1.54) is 134 Å². The summed E-state index contributed by atoms with van der Waals surface area (Å²) in [4.78, 5) is 149. The van der Waals surface area contributed by atoms with E-state index in [1.54, 1.807) is 61.5 Å². The minimum Gasteiger partial charge on any atom is -0.480 e. The van der Waals surface area contributed by atoms with Gasteiger partial charge in [0.25, 0.3) is 45.2 Å². The van der Waals surface area contributed by atoms with Crippen molar-refractivity contribution < 1.29 is 53.4 Å². The van der Waals surface area contributed by atoms with Gasteiger partial charge in [0.2, 0.25) is 5.88 Å². The van der Waals surface area contributed by atoms with Crippen molar-refractivity contribution in [3.63, 3.8) is 0 Å². The van der Waals surface area contributed by atoms with Gasteiger partial charge in [-0.3, -0.25) is 91.7 Å². The van der Waals surface area contributed by atoms with Crippen molar-refractivity contribution in [2.75, 3.05) is 13.7 Å². The van der Waals surface area contributed by atoms with Gasteiger partial charge < -0.3 is 14.6 Å². The molecule has 0 bridgehead atoms. The summed E-state index contributed by atoms with van der Waals surface area (Å²) in [5.41, 5.74) is 2.96. The molecule has 102 heavy (non-hydrogen) atoms. The highest BCUT2D eigenvalue weighted by Crippen LogP contribution is 2.28. The lowest BCUT2D eigenvalue weighted by atomic mass is 10.3. The zero-order valence-corrected chi connectivity index (χ0v) is 60.9. The summed E-state index contributed by atoms with van der Waals surface area (Å²) in [5, 5.41) is 21.9. The quantitative estimate of drug-likeness (QED) is 0.0470. The number of fused-ring (bicyclic) bond motifs is 7. The van der Waals surface area contributed by atoms with Gasteiger partial charge in [0, 0.05) is 6.42 Å². The second-order valence-corrected chi connectivity index (χ2v) is 28.2. The molecule has 2 amide bonds. The molecule has 26 nitrogen and oxygen atoms in total. The van der Waals surface area contributed by atoms with Crippen LogP contribution in [0.3, 0.4) is 0 Å². The number of aromatic amines is 1. The third-order valence-corrected chi connectivity index (χ3v) is 20.3. The van der Waals surface area contributed by atoms with E-state index in [0.717, 1.165) is 43.7 Å². The number of carbonyl (C=O) groups is 7. The van der Waals surface area contributed by atoms with Gasteiger partial charge >= 0.3 is 5.97 Å². The van der Waals surface area contributed by atoms with Crippen LogP contribution in [0, 0.1) is 0 Å². The van der Waals surface area contributed by atoms with Crippen LogP contribution < -0.4 is 49.1 Å². The highest BCUT2D eigenvalue weighted by atomic mass is 32.1. The second-order valence-electron chi connectivity index (χ2n) is 21.3. The fraction of sp³-hybridized carbons (Fsp3) is 0.188. The maximum atomic E-state index is 11.8. The Hall–Kier alpha value is -10.6. The van der Waals surface area contributed by atoms with E-state index in [4.69, 9.17) is 15.1 Å². The minimum atomic E-state index is -1.00. The number of Topliss-reactive ketones (excluding diaryl/α,β-unsaturated/α-hetero) is 4. The molecule has 14 rings (SSSR count). The van der Waals surface area contributed by atoms with Gasteiger partial charge in [-0.1, -0.05) is 161 Å². The molecule has 0 unspecified atom stereocenters. The molecule has 33 heteroatoms. The molecule has 7 aromatic carbocycles. The number of hydroxylamine groups is 2. The van der Waals surface area contributed by atoms with Gasteiger partial charge in [-0.05, 0) is 124 Å². The summed E-state index contributed by atoms with van der Waals surface area (Å²) < 4.78 is 25.5. The van der Waals surface area contributed by atoms with Crippen molar-refractivity contribution in [2.45, 2.75) is 73.8 Å². The van der Waals surface area contributed by atoms with E-state index in [2.05, 4.69) is 19.1 Å². The second kappa shape index (κ2) is 38.8. The maximum Gasteiger partial charge on any atom is 0.324 e. The number of ketones is 4. The van der Waals surface area contributed by atoms with Crippen molar-refractivity contribution in [1.29, 1.82) is 0 Å². The topological polar surface area (TPSA) is 358 Å². The van der Waals surface area contributed by atoms with Crippen molar-refractivity contribution in [3.8, 4) is 5.88 Å². The third kappa shape index (κ3) is 22.4. The SMILES string of the molecule is CC(=O)COc1nsc2ccccc12.CC(=O)Cn1sc2ccccc2c1=O.CC(=O)Cn1sc2ccccc2c1=O.CCC(C)=O.CONC(=O)Cn1sc2ccccc2c1=O.O=C(Cn1sc2ccccc2c1=O)NO.O=C(O)Cn1sc2ccccc2c1=O.O=c1[nH]sc2ccccc12. The van der Waals surface area contributed by atoms with Crippen LogP contribution in [0.15, 0.2) is 199 Å². The number of amides is 2. The molecule has 0 saturated carbocycles. The van der Waals surface area contributed by atoms with E-state index in [-0.39, 0.29) is 102 Å². The van der Waals surface area contributed by atoms with Gasteiger partial charge in [0.05, 0.1) is 90.8 Å². The normalized spacial score (nSPS) is 10.4. The number of aliphatic carboxylic acids is 1. The summed E-state index contributed by atoms with van der Waals surface area (Å²) in [7, 11) is 1.35. The van der Waals surface area contributed by atoms with Gasteiger partial charge in [0.15, 0.2) is 17.3 Å². The summed E-state index contributed by atoms with van der Waals surface area (Å²) >= 11 is 9.07. The van der Waals surface area contributed by atoms with Crippen LogP contribution in [0.2, 0.25) is 0 Å². The number of carbonyl (C=O) groups excluding carboxylic acids is 6. The molecule has 0 aliphatic heterocycles. The molecule has 7 heterocycles. The van der Waals surface area contributed by atoms with Gasteiger partial charge in [-0.15, -0.1) is 0 Å². The largest absolute Gasteiger partial charge is 0.480 e. The maximum absolute atomic E-state index is 11.8. The Labute approximate surface area is 606 Å². The molecule has 0 aliphatic rings. The molecule has 0 aliphatic carbocycles. The first-order valence-electron chi connectivity index (χ1n) is 30.3. The minimum absolute atomic E-state index is 0.00124. The predicted octanol–water partition coefficient (Wildman–Crippen LogP) is 10.6. The van der Waals surface area contributed by atoms with Crippen molar-refractivity contribution in [3.05, 3.63) is 232 Å². The lowest BCUT2D eigenvalue weighted by Crippen LogP contribution is -2.29. The van der Waals surface area contributed by atoms with Crippen LogP contribution in [0.1, 0.15) is 41.0 Å². The van der Waals surface area contributed by atoms with Gasteiger partial charge in [-0.25, -0.2) is 11.0 Å². The lowest BCUT2D eigenvalue weighted by molar-refractivity contribution is -0.137. The number of H-pyrrole nitrogens is 1. The molecular formula is C69H65N9O17S7. The summed E-state index contributed by atoms with van der Waals surface area (Å²) in [6.07, 6.45) is 0.667. The van der Waals surface area contributed by atoms with Crippen LogP contribution in [-0.4, -0.2) is 93.5 Å². The average molecular weight is 1520 g/mol. The Balaban J connectivity index is 0.000000165. The van der Waals surface area contributed by atoms with Crippen molar-refractivity contribution in [2.24, 2.45) is 0 Å². The molecule has 0 radical (unpaired) electrons. The molecule has 0 saturated heterocycles. The summed E-state index contributed by atoms with van der Waals surface area (Å²) in [5.74, 6) is -1.15. The Morgan fingerprint density at radius 3 is 1.05 bits per heavy atom. The molecule has 0 atom stereocenters. The highest BCUT2D eigenvalue weighted by Gasteiger charge is 2.14. The van der Waals surface area contributed by atoms with Gasteiger partial charge in [-0.2, -0.15) is 4.37 Å². The fourth-order valence-corrected chi connectivity index (χ4v) is 15.2. The Morgan fingerprint density at radius 2 is 0.735 bits per heavy atom. The van der Waals surface area contributed by atoms with E-state index in [0.29, 0.717) is 39.2 Å². The number of benzene rings is 7. The Morgan fingerprint density at radius 1 is 0.422 bits per heavy atom. The number of carboxylic acid groups (broad SMARTS) is 1. The fourth-order valence-electron chi connectivity index (χ4n) is 8.61. The molecule has 0 spiro atoms. The average Bonchev–Trinajstić information content (AvgIpc) is 1.70. The van der Waals surface area contributed by atoms with E-state index >= 15 is 0 Å². The first-order chi connectivity index (χ1) is 48.9. The predicted molar refractivity (Wildman–Crippen MR) is 404 cm³/mol. The summed E-state index contributed by atoms with van der Waals surface area (Å²) in [6, 6.07) is 51.6. The monoisotopic (exact) mass is 1520 g/mol. The van der Waals surface area contributed by atoms with E-state index in [9.17, 15) is 62.3 Å². The zero-order chi connectivity index (χ0) is 74.0. The summed E-state index contributed by atoms with van der Waals surface area (Å²) in [6.45, 7) is 7.90. The number of carboxylic acids is 1. The highest BCUT2D eigenvalue weighted by molar-refractivity contribution is 7.15. The van der Waals surface area contributed by atoms with Crippen LogP contribution in [-0.2, 0) is 71.1 Å². The van der Waals surface area contributed by atoms with Crippen LogP contribution >= 0.6 is 80.7 Å². The number of nitrogens with zero attached hydrogens (tertiary/aromatic N) is 6. The first-order valence-corrected chi connectivity index (χ1v) is 35.8. The number of hydrogen-bond acceptors (Lipinski definition) is 24. The van der Waals surface area contributed by atoms with Crippen LogP contribution in [0.4, 0.5) is 0 Å². The third-order valence-electron chi connectivity index (χ3n) is 13.3. The van der Waals surface area contributed by atoms with Crippen LogP contribution in [0.25, 0.3) is 70.6 Å². The molecule has 530 valence electrons. The van der Waals surface area contributed by atoms with E-state index in [1.807, 2.05) is 122 Å². The molecule has 0 fully saturated rings. The molecule has 14 aromatic rings. The lowest BCUT2D eigenvalue weighted by Gasteiger charge is -2.00. The Kier molecular flexibility index (Phi) is 30.0. The van der Waals surface area contributed by atoms with Crippen molar-refractivity contribution >= 4 is 192 Å². The van der Waals surface area contributed by atoms with E-state index < -0.39 is 11.9 Å². The molecule has 7 aromatic heterocycles. The number of ether oxygens (including phenoxy) is 1.